The van der Waals surface area contributed by atoms with Crippen molar-refractivity contribution < 1.29 is 37.7 Å². The number of aliphatic hydroxyl groups is 1. The summed E-state index contributed by atoms with van der Waals surface area (Å²) >= 11 is 0. The summed E-state index contributed by atoms with van der Waals surface area (Å²) in [6.45, 7) is 2.55. The predicted octanol–water partition coefficient (Wildman–Crippen LogP) is 5.72. The first kappa shape index (κ1) is 28.9. The number of carbonyl (C=O) groups is 1. The first-order valence-electron chi connectivity index (χ1n) is 13.6. The van der Waals surface area contributed by atoms with Gasteiger partial charge in [0.1, 0.15) is 22.9 Å². The molecule has 0 spiro atoms. The molecule has 218 valence electrons. The lowest BCUT2D eigenvalue weighted by atomic mass is 9.82. The molecule has 0 unspecified atom stereocenters. The van der Waals surface area contributed by atoms with Gasteiger partial charge >= 0.3 is 6.61 Å². The third-order valence-corrected chi connectivity index (χ3v) is 7.81. The number of hydrogen-bond donors (Lipinski definition) is 3. The highest BCUT2D eigenvalue weighted by atomic mass is 19.3. The highest BCUT2D eigenvalue weighted by Crippen LogP contribution is 2.46. The fourth-order valence-corrected chi connectivity index (χ4v) is 5.05. The molecule has 5 rings (SSSR count). The molecular formula is C31H33F3N2O5. The van der Waals surface area contributed by atoms with Crippen molar-refractivity contribution in [2.45, 2.75) is 57.2 Å². The Morgan fingerprint density at radius 2 is 1.95 bits per heavy atom. The van der Waals surface area contributed by atoms with Crippen LogP contribution in [-0.2, 0) is 11.0 Å². The van der Waals surface area contributed by atoms with Gasteiger partial charge in [-0.1, -0.05) is 6.92 Å². The Bertz CT molecular complexity index is 1430. The number of nitrogens with one attached hydrogen (secondary N) is 1. The Balaban J connectivity index is 1.41. The molecule has 1 aliphatic carbocycles. The van der Waals surface area contributed by atoms with E-state index in [1.807, 2.05) is 6.07 Å². The highest BCUT2D eigenvalue weighted by Gasteiger charge is 2.41. The third-order valence-electron chi connectivity index (χ3n) is 7.81. The molecule has 10 heteroatoms. The van der Waals surface area contributed by atoms with E-state index in [1.54, 1.807) is 19.1 Å². The van der Waals surface area contributed by atoms with Crippen LogP contribution in [-0.4, -0.2) is 47.3 Å². The van der Waals surface area contributed by atoms with Gasteiger partial charge in [-0.15, -0.1) is 0 Å². The number of phenols is 1. The quantitative estimate of drug-likeness (QED) is 0.240. The molecule has 41 heavy (non-hydrogen) atoms. The van der Waals surface area contributed by atoms with Crippen LogP contribution in [0.1, 0.15) is 61.1 Å². The maximum absolute atomic E-state index is 13.7. The summed E-state index contributed by atoms with van der Waals surface area (Å²) in [6, 6.07) is 11.2. The van der Waals surface area contributed by atoms with Gasteiger partial charge in [0.05, 0.1) is 12.3 Å². The number of hydrogen-bond acceptors (Lipinski definition) is 7. The molecule has 0 radical (unpaired) electrons. The fraction of sp³-hybridized carbons (Fsp3) is 0.419. The SMILES string of the molecule is C[C@]1(CNCC2CC2)COc2c1cc([C@@](C)(O)CCC(=O)c1ccc(OC(F)F)c(O)c1)nc2-c1ccc(F)cc1. The standard InChI is InChI=1S/C31H33F3N2O5/c1-30(16-35-15-18-3-4-18)17-40-28-22(30)14-26(36-27(28)19-5-8-21(32)9-6-19)31(2,39)12-11-23(37)20-7-10-25(24(38)13-20)41-29(33)34/h5-10,13-14,18,29,35,38-39H,3-4,11-12,15-17H2,1-2H3/t30-,31-/m0/s1. The summed E-state index contributed by atoms with van der Waals surface area (Å²) in [5.41, 5.74) is 0.481. The molecule has 0 bridgehead atoms. The third kappa shape index (κ3) is 6.49. The molecule has 3 N–H and O–H groups in total. The summed E-state index contributed by atoms with van der Waals surface area (Å²) in [5, 5.41) is 25.1. The van der Waals surface area contributed by atoms with Crippen molar-refractivity contribution >= 4 is 5.78 Å². The average Bonchev–Trinajstić information content (AvgIpc) is 3.70. The Morgan fingerprint density at radius 3 is 2.61 bits per heavy atom. The van der Waals surface area contributed by atoms with Crippen LogP contribution in [0.5, 0.6) is 17.2 Å². The van der Waals surface area contributed by atoms with Gasteiger partial charge in [0.25, 0.3) is 0 Å². The van der Waals surface area contributed by atoms with Crippen molar-refractivity contribution in [3.05, 3.63) is 71.2 Å². The van der Waals surface area contributed by atoms with E-state index in [9.17, 15) is 28.2 Å². The van der Waals surface area contributed by atoms with Crippen molar-refractivity contribution in [3.63, 3.8) is 0 Å². The second kappa shape index (κ2) is 11.3. The number of aromatic hydroxyl groups is 1. The number of pyridine rings is 1. The summed E-state index contributed by atoms with van der Waals surface area (Å²) in [4.78, 5) is 17.6. The van der Waals surface area contributed by atoms with Crippen molar-refractivity contribution in [2.24, 2.45) is 5.92 Å². The number of halogens is 3. The second-order valence-electron chi connectivity index (χ2n) is 11.4. The minimum Gasteiger partial charge on any atom is -0.504 e. The Labute approximate surface area is 236 Å². The van der Waals surface area contributed by atoms with Crippen molar-refractivity contribution in [1.82, 2.24) is 10.3 Å². The van der Waals surface area contributed by atoms with Crippen LogP contribution < -0.4 is 14.8 Å². The first-order valence-corrected chi connectivity index (χ1v) is 13.6. The monoisotopic (exact) mass is 570 g/mol. The number of aromatic nitrogens is 1. The van der Waals surface area contributed by atoms with E-state index >= 15 is 0 Å². The number of alkyl halides is 2. The molecule has 0 saturated heterocycles. The minimum absolute atomic E-state index is 0.00593. The molecule has 2 aliphatic rings. The lowest BCUT2D eigenvalue weighted by Crippen LogP contribution is -2.38. The van der Waals surface area contributed by atoms with Gasteiger partial charge in [-0.25, -0.2) is 9.37 Å². The summed E-state index contributed by atoms with van der Waals surface area (Å²) in [7, 11) is 0. The summed E-state index contributed by atoms with van der Waals surface area (Å²) in [5.74, 6) is -0.512. The summed E-state index contributed by atoms with van der Waals surface area (Å²) < 4.78 is 49.1. The van der Waals surface area contributed by atoms with E-state index in [0.717, 1.165) is 24.2 Å². The number of ether oxygens (including phenoxy) is 2. The van der Waals surface area contributed by atoms with E-state index in [4.69, 9.17) is 9.72 Å². The van der Waals surface area contributed by atoms with Crippen LogP contribution in [0.25, 0.3) is 11.3 Å². The zero-order chi connectivity index (χ0) is 29.4. The number of Topliss-reactive ketones (excluding diaryl/α,β-unsaturated/α-hetero) is 1. The first-order chi connectivity index (χ1) is 19.4. The molecule has 2 heterocycles. The van der Waals surface area contributed by atoms with Gasteiger partial charge in [0.2, 0.25) is 0 Å². The predicted molar refractivity (Wildman–Crippen MR) is 146 cm³/mol. The number of rotatable bonds is 12. The largest absolute Gasteiger partial charge is 0.504 e. The van der Waals surface area contributed by atoms with Crippen molar-refractivity contribution in [1.29, 1.82) is 0 Å². The van der Waals surface area contributed by atoms with Gasteiger partial charge in [0, 0.05) is 35.1 Å². The van der Waals surface area contributed by atoms with Crippen LogP contribution in [0.4, 0.5) is 13.2 Å². The normalized spacial score (nSPS) is 19.5. The van der Waals surface area contributed by atoms with Crippen LogP contribution >= 0.6 is 0 Å². The number of nitrogens with zero attached hydrogens (tertiary/aromatic N) is 1. The topological polar surface area (TPSA) is 101 Å². The van der Waals surface area contributed by atoms with E-state index < -0.39 is 34.9 Å². The molecule has 1 fully saturated rings. The highest BCUT2D eigenvalue weighted by molar-refractivity contribution is 5.96. The van der Waals surface area contributed by atoms with E-state index in [1.165, 1.54) is 31.0 Å². The number of carbonyl (C=O) groups excluding carboxylic acids is 1. The van der Waals surface area contributed by atoms with Crippen LogP contribution in [0, 0.1) is 11.7 Å². The average molecular weight is 571 g/mol. The van der Waals surface area contributed by atoms with Gasteiger partial charge in [0.15, 0.2) is 17.3 Å². The van der Waals surface area contributed by atoms with Crippen LogP contribution in [0.3, 0.4) is 0 Å². The lowest BCUT2D eigenvalue weighted by Gasteiger charge is -2.27. The molecule has 7 nitrogen and oxygen atoms in total. The van der Waals surface area contributed by atoms with Gasteiger partial charge < -0.3 is 25.0 Å². The second-order valence-corrected chi connectivity index (χ2v) is 11.4. The zero-order valence-corrected chi connectivity index (χ0v) is 22.9. The van der Waals surface area contributed by atoms with E-state index in [0.29, 0.717) is 41.8 Å². The van der Waals surface area contributed by atoms with Gasteiger partial charge in [-0.05, 0) is 87.2 Å². The maximum atomic E-state index is 13.7. The molecular weight excluding hydrogens is 537 g/mol. The van der Waals surface area contributed by atoms with Crippen LogP contribution in [0.15, 0.2) is 48.5 Å². The zero-order valence-electron chi connectivity index (χ0n) is 22.9. The number of ketones is 1. The van der Waals surface area contributed by atoms with Gasteiger partial charge in [-0.3, -0.25) is 4.79 Å². The number of benzene rings is 2. The maximum Gasteiger partial charge on any atom is 0.387 e. The molecule has 0 amide bonds. The smallest absolute Gasteiger partial charge is 0.387 e. The number of phenolic OH excluding ortho intramolecular Hbond substituents is 1. The Morgan fingerprint density at radius 1 is 1.22 bits per heavy atom. The molecule has 3 aromatic rings. The summed E-state index contributed by atoms with van der Waals surface area (Å²) in [6.07, 6.45) is 2.35. The molecule has 2 atom stereocenters. The van der Waals surface area contributed by atoms with Gasteiger partial charge in [-0.2, -0.15) is 8.78 Å². The van der Waals surface area contributed by atoms with Crippen molar-refractivity contribution in [2.75, 3.05) is 19.7 Å². The Kier molecular flexibility index (Phi) is 7.98. The van der Waals surface area contributed by atoms with E-state index in [-0.39, 0.29) is 24.2 Å². The Hall–Kier alpha value is -3.63. The van der Waals surface area contributed by atoms with Crippen LogP contribution in [0.2, 0.25) is 0 Å². The van der Waals surface area contributed by atoms with E-state index in [2.05, 4.69) is 17.0 Å². The molecule has 1 aliphatic heterocycles. The van der Waals surface area contributed by atoms with Crippen molar-refractivity contribution in [3.8, 4) is 28.5 Å². The molecule has 1 aromatic heterocycles. The minimum atomic E-state index is -3.11. The number of fused-ring (bicyclic) bond motifs is 1. The lowest BCUT2D eigenvalue weighted by molar-refractivity contribution is -0.0512. The molecule has 2 aromatic carbocycles. The molecule has 1 saturated carbocycles. The fourth-order valence-electron chi connectivity index (χ4n) is 5.05.